The standard InChI is InChI=1S/C14H28N2O/c1-10-9-12(7-8-15-10)13(17)16(6)11(2)14(3,4)5/h10-12,15H,7-9H2,1-6H3. The normalized spacial score (nSPS) is 27.6. The summed E-state index contributed by atoms with van der Waals surface area (Å²) in [7, 11) is 1.95. The van der Waals surface area contributed by atoms with E-state index < -0.39 is 0 Å². The summed E-state index contributed by atoms with van der Waals surface area (Å²) in [6, 6.07) is 0.747. The van der Waals surface area contributed by atoms with Crippen molar-refractivity contribution in [1.82, 2.24) is 10.2 Å². The van der Waals surface area contributed by atoms with Crippen LogP contribution in [0.15, 0.2) is 0 Å². The van der Waals surface area contributed by atoms with E-state index in [4.69, 9.17) is 0 Å². The van der Waals surface area contributed by atoms with Crippen LogP contribution in [0.3, 0.4) is 0 Å². The number of carbonyl (C=O) groups excluding carboxylic acids is 1. The molecule has 0 aliphatic carbocycles. The molecular formula is C14H28N2O. The SMILES string of the molecule is CC1CC(C(=O)N(C)C(C)C(C)(C)C)CCN1. The number of rotatable bonds is 2. The third kappa shape index (κ3) is 3.70. The summed E-state index contributed by atoms with van der Waals surface area (Å²) in [5.74, 6) is 0.529. The average Bonchev–Trinajstić information content (AvgIpc) is 2.25. The highest BCUT2D eigenvalue weighted by molar-refractivity contribution is 5.79. The van der Waals surface area contributed by atoms with E-state index in [0.717, 1.165) is 19.4 Å². The Bertz CT molecular complexity index is 270. The Morgan fingerprint density at radius 2 is 2.00 bits per heavy atom. The van der Waals surface area contributed by atoms with Crippen molar-refractivity contribution in [1.29, 1.82) is 0 Å². The van der Waals surface area contributed by atoms with E-state index in [9.17, 15) is 4.79 Å². The molecule has 1 aliphatic rings. The first-order valence-electron chi connectivity index (χ1n) is 6.73. The molecule has 3 unspecified atom stereocenters. The second kappa shape index (κ2) is 5.38. The molecule has 0 aromatic heterocycles. The second-order valence-corrected chi connectivity index (χ2v) is 6.57. The summed E-state index contributed by atoms with van der Waals surface area (Å²) >= 11 is 0. The van der Waals surface area contributed by atoms with Crippen molar-refractivity contribution < 1.29 is 4.79 Å². The van der Waals surface area contributed by atoms with Gasteiger partial charge in [0.05, 0.1) is 0 Å². The maximum atomic E-state index is 12.4. The number of nitrogens with zero attached hydrogens (tertiary/aromatic N) is 1. The lowest BCUT2D eigenvalue weighted by atomic mass is 9.85. The summed E-state index contributed by atoms with van der Waals surface area (Å²) in [5.41, 5.74) is 0.142. The van der Waals surface area contributed by atoms with Crippen LogP contribution in [-0.4, -0.2) is 36.5 Å². The van der Waals surface area contributed by atoms with E-state index in [1.165, 1.54) is 0 Å². The van der Waals surface area contributed by atoms with Crippen LogP contribution in [0.4, 0.5) is 0 Å². The third-order valence-electron chi connectivity index (χ3n) is 4.15. The van der Waals surface area contributed by atoms with Crippen LogP contribution in [0.25, 0.3) is 0 Å². The highest BCUT2D eigenvalue weighted by Gasteiger charge is 2.32. The Hall–Kier alpha value is -0.570. The van der Waals surface area contributed by atoms with Gasteiger partial charge in [0.15, 0.2) is 0 Å². The van der Waals surface area contributed by atoms with Crippen molar-refractivity contribution in [2.45, 2.75) is 59.5 Å². The molecule has 3 atom stereocenters. The highest BCUT2D eigenvalue weighted by atomic mass is 16.2. The molecule has 1 N–H and O–H groups in total. The molecule has 17 heavy (non-hydrogen) atoms. The average molecular weight is 240 g/mol. The molecular weight excluding hydrogens is 212 g/mol. The summed E-state index contributed by atoms with van der Waals surface area (Å²) in [6.45, 7) is 11.8. The van der Waals surface area contributed by atoms with Gasteiger partial charge >= 0.3 is 0 Å². The smallest absolute Gasteiger partial charge is 0.225 e. The molecule has 3 heteroatoms. The van der Waals surface area contributed by atoms with Gasteiger partial charge in [0, 0.05) is 25.0 Å². The Balaban J connectivity index is 2.63. The molecule has 1 heterocycles. The Morgan fingerprint density at radius 3 is 2.47 bits per heavy atom. The number of hydrogen-bond donors (Lipinski definition) is 1. The van der Waals surface area contributed by atoms with Gasteiger partial charge in [-0.1, -0.05) is 20.8 Å². The van der Waals surface area contributed by atoms with E-state index in [1.807, 2.05) is 11.9 Å². The van der Waals surface area contributed by atoms with E-state index in [1.54, 1.807) is 0 Å². The zero-order valence-corrected chi connectivity index (χ0v) is 12.2. The second-order valence-electron chi connectivity index (χ2n) is 6.57. The lowest BCUT2D eigenvalue weighted by Gasteiger charge is -2.38. The van der Waals surface area contributed by atoms with Gasteiger partial charge in [-0.15, -0.1) is 0 Å². The Labute approximate surface area is 106 Å². The molecule has 1 rings (SSSR count). The van der Waals surface area contributed by atoms with Crippen LogP contribution in [0.5, 0.6) is 0 Å². The number of piperidine rings is 1. The molecule has 1 fully saturated rings. The maximum absolute atomic E-state index is 12.4. The minimum absolute atomic E-state index is 0.142. The monoisotopic (exact) mass is 240 g/mol. The van der Waals surface area contributed by atoms with Crippen LogP contribution in [-0.2, 0) is 4.79 Å². The molecule has 1 amide bonds. The summed E-state index contributed by atoms with van der Waals surface area (Å²) in [4.78, 5) is 14.4. The van der Waals surface area contributed by atoms with Gasteiger partial charge in [0.1, 0.15) is 0 Å². The first kappa shape index (κ1) is 14.5. The Morgan fingerprint density at radius 1 is 1.41 bits per heavy atom. The van der Waals surface area contributed by atoms with Gasteiger partial charge in [-0.2, -0.15) is 0 Å². The van der Waals surface area contributed by atoms with Crippen molar-refractivity contribution in [3.8, 4) is 0 Å². The van der Waals surface area contributed by atoms with Gasteiger partial charge < -0.3 is 10.2 Å². The molecule has 1 saturated heterocycles. The maximum Gasteiger partial charge on any atom is 0.225 e. The molecule has 3 nitrogen and oxygen atoms in total. The van der Waals surface area contributed by atoms with Gasteiger partial charge in [0.2, 0.25) is 5.91 Å². The molecule has 0 radical (unpaired) electrons. The zero-order valence-electron chi connectivity index (χ0n) is 12.2. The third-order valence-corrected chi connectivity index (χ3v) is 4.15. The molecule has 0 saturated carbocycles. The highest BCUT2D eigenvalue weighted by Crippen LogP contribution is 2.26. The van der Waals surface area contributed by atoms with Crippen molar-refractivity contribution >= 4 is 5.91 Å². The van der Waals surface area contributed by atoms with Crippen LogP contribution in [0.1, 0.15) is 47.5 Å². The van der Waals surface area contributed by atoms with Crippen molar-refractivity contribution in [3.63, 3.8) is 0 Å². The minimum Gasteiger partial charge on any atom is -0.342 e. The van der Waals surface area contributed by atoms with Crippen LogP contribution >= 0.6 is 0 Å². The summed E-state index contributed by atoms with van der Waals surface area (Å²) in [6.07, 6.45) is 1.95. The largest absolute Gasteiger partial charge is 0.342 e. The molecule has 0 spiro atoms. The molecule has 1 aliphatic heterocycles. The van der Waals surface area contributed by atoms with E-state index in [0.29, 0.717) is 11.9 Å². The molecule has 0 bridgehead atoms. The lowest BCUT2D eigenvalue weighted by Crippen LogP contribution is -2.48. The number of amides is 1. The Kier molecular flexibility index (Phi) is 4.59. The molecule has 0 aromatic rings. The van der Waals surface area contributed by atoms with Crippen molar-refractivity contribution in [2.24, 2.45) is 11.3 Å². The summed E-state index contributed by atoms with van der Waals surface area (Å²) in [5, 5.41) is 3.39. The van der Waals surface area contributed by atoms with Gasteiger partial charge in [0.25, 0.3) is 0 Å². The summed E-state index contributed by atoms with van der Waals surface area (Å²) < 4.78 is 0. The molecule has 0 aromatic carbocycles. The number of hydrogen-bond acceptors (Lipinski definition) is 2. The van der Waals surface area contributed by atoms with E-state index in [2.05, 4.69) is 39.9 Å². The zero-order chi connectivity index (χ0) is 13.2. The van der Waals surface area contributed by atoms with E-state index >= 15 is 0 Å². The first-order chi connectivity index (χ1) is 7.73. The quantitative estimate of drug-likeness (QED) is 0.803. The lowest BCUT2D eigenvalue weighted by molar-refractivity contribution is -0.139. The van der Waals surface area contributed by atoms with Gasteiger partial charge in [-0.3, -0.25) is 4.79 Å². The molecule has 100 valence electrons. The fourth-order valence-electron chi connectivity index (χ4n) is 2.42. The van der Waals surface area contributed by atoms with Crippen LogP contribution < -0.4 is 5.32 Å². The van der Waals surface area contributed by atoms with Crippen LogP contribution in [0, 0.1) is 11.3 Å². The predicted octanol–water partition coefficient (Wildman–Crippen LogP) is 2.27. The van der Waals surface area contributed by atoms with Gasteiger partial charge in [-0.25, -0.2) is 0 Å². The fourth-order valence-corrected chi connectivity index (χ4v) is 2.42. The van der Waals surface area contributed by atoms with Crippen molar-refractivity contribution in [3.05, 3.63) is 0 Å². The van der Waals surface area contributed by atoms with Crippen molar-refractivity contribution in [2.75, 3.05) is 13.6 Å². The first-order valence-corrected chi connectivity index (χ1v) is 6.73. The number of nitrogens with one attached hydrogen (secondary N) is 1. The number of carbonyl (C=O) groups is 1. The topological polar surface area (TPSA) is 32.3 Å². The minimum atomic E-state index is 0.142. The predicted molar refractivity (Wildman–Crippen MR) is 71.9 cm³/mol. The fraction of sp³-hybridized carbons (Fsp3) is 0.929. The van der Waals surface area contributed by atoms with Gasteiger partial charge in [-0.05, 0) is 38.6 Å². The van der Waals surface area contributed by atoms with E-state index in [-0.39, 0.29) is 17.4 Å². The van der Waals surface area contributed by atoms with Crippen LogP contribution in [0.2, 0.25) is 0 Å².